The summed E-state index contributed by atoms with van der Waals surface area (Å²) in [7, 11) is 0. The smallest absolute Gasteiger partial charge is 0.162 e. The zero-order valence-corrected chi connectivity index (χ0v) is 12.3. The molecule has 0 bridgehead atoms. The van der Waals surface area contributed by atoms with Crippen molar-refractivity contribution in [2.75, 3.05) is 13.2 Å². The van der Waals surface area contributed by atoms with E-state index in [0.29, 0.717) is 5.92 Å². The number of ether oxygens (including phenoxy) is 2. The van der Waals surface area contributed by atoms with Gasteiger partial charge in [-0.3, -0.25) is 0 Å². The molecule has 0 atom stereocenters. The molecule has 0 amide bonds. The molecule has 1 fully saturated rings. The van der Waals surface area contributed by atoms with E-state index in [2.05, 4.69) is 59.0 Å². The van der Waals surface area contributed by atoms with Crippen LogP contribution in [0.15, 0.2) is 30.3 Å². The Balaban J connectivity index is 1.91. The van der Waals surface area contributed by atoms with E-state index in [9.17, 15) is 0 Å². The third kappa shape index (κ3) is 4.08. The fourth-order valence-electron chi connectivity index (χ4n) is 1.64. The minimum absolute atomic E-state index is 0.349. The van der Waals surface area contributed by atoms with E-state index in [-0.39, 0.29) is 0 Å². The van der Waals surface area contributed by atoms with Gasteiger partial charge in [0.15, 0.2) is 5.79 Å². The van der Waals surface area contributed by atoms with E-state index in [1.165, 1.54) is 9.13 Å². The lowest BCUT2D eigenvalue weighted by molar-refractivity contribution is -0.256. The molecular weight excluding hydrogens is 327 g/mol. The highest BCUT2D eigenvalue weighted by Gasteiger charge is 2.26. The first kappa shape index (κ1) is 13.1. The summed E-state index contributed by atoms with van der Waals surface area (Å²) in [5.74, 6) is -0.0741. The van der Waals surface area contributed by atoms with Crippen LogP contribution in [0.5, 0.6) is 0 Å². The van der Waals surface area contributed by atoms with Crippen LogP contribution in [0.1, 0.15) is 19.4 Å². The van der Waals surface area contributed by atoms with E-state index in [4.69, 9.17) is 9.47 Å². The highest BCUT2D eigenvalue weighted by Crippen LogP contribution is 2.21. The predicted octanol–water partition coefficient (Wildman–Crippen LogP) is 3.70. The van der Waals surface area contributed by atoms with Gasteiger partial charge in [-0.05, 0) is 54.1 Å². The minimum Gasteiger partial charge on any atom is -0.350 e. The van der Waals surface area contributed by atoms with Crippen molar-refractivity contribution in [3.8, 4) is 0 Å². The molecule has 0 N–H and O–H groups in total. The fourth-order valence-corrected chi connectivity index (χ4v) is 2.00. The Morgan fingerprint density at radius 3 is 2.35 bits per heavy atom. The van der Waals surface area contributed by atoms with Crippen molar-refractivity contribution in [2.45, 2.75) is 19.6 Å². The minimum atomic E-state index is -0.423. The quantitative estimate of drug-likeness (QED) is 0.762. The van der Waals surface area contributed by atoms with Crippen LogP contribution in [0.4, 0.5) is 0 Å². The maximum atomic E-state index is 5.61. The molecule has 1 heterocycles. The zero-order chi connectivity index (χ0) is 12.3. The molecule has 0 saturated carbocycles. The molecule has 1 aromatic carbocycles. The second kappa shape index (κ2) is 5.50. The van der Waals surface area contributed by atoms with Crippen molar-refractivity contribution < 1.29 is 9.47 Å². The van der Waals surface area contributed by atoms with E-state index in [1.807, 2.05) is 13.8 Å². The Morgan fingerprint density at radius 2 is 1.76 bits per heavy atom. The summed E-state index contributed by atoms with van der Waals surface area (Å²) in [4.78, 5) is 0. The standard InChI is InChI=1S/C14H17IO2/c1-14(2)16-9-12(10-17-14)4-3-11-5-7-13(15)8-6-11/h3-8,12H,9-10H2,1-2H3. The summed E-state index contributed by atoms with van der Waals surface area (Å²) < 4.78 is 12.5. The van der Waals surface area contributed by atoms with Crippen LogP contribution in [0, 0.1) is 9.49 Å². The molecular formula is C14H17IO2. The SMILES string of the molecule is CC1(C)OCC(C=Cc2ccc(I)cc2)CO1. The first-order valence-corrected chi connectivity index (χ1v) is 6.85. The first-order chi connectivity index (χ1) is 8.05. The van der Waals surface area contributed by atoms with Gasteiger partial charge in [0, 0.05) is 9.49 Å². The normalized spacial score (nSPS) is 20.9. The lowest BCUT2D eigenvalue weighted by Gasteiger charge is -2.33. The van der Waals surface area contributed by atoms with Crippen molar-refractivity contribution in [3.63, 3.8) is 0 Å². The van der Waals surface area contributed by atoms with Crippen LogP contribution in [0.3, 0.4) is 0 Å². The maximum Gasteiger partial charge on any atom is 0.162 e. The van der Waals surface area contributed by atoms with Crippen LogP contribution >= 0.6 is 22.6 Å². The number of hydrogen-bond donors (Lipinski definition) is 0. The molecule has 2 nitrogen and oxygen atoms in total. The average Bonchev–Trinajstić information content (AvgIpc) is 2.30. The molecule has 1 aliphatic rings. The fraction of sp³-hybridized carbons (Fsp3) is 0.429. The van der Waals surface area contributed by atoms with Crippen LogP contribution in [0.25, 0.3) is 6.08 Å². The van der Waals surface area contributed by atoms with Gasteiger partial charge in [0.25, 0.3) is 0 Å². The number of hydrogen-bond acceptors (Lipinski definition) is 2. The Hall–Kier alpha value is -0.390. The summed E-state index contributed by atoms with van der Waals surface area (Å²) in [6.45, 7) is 5.36. The lowest BCUT2D eigenvalue weighted by atomic mass is 10.1. The zero-order valence-electron chi connectivity index (χ0n) is 10.2. The van der Waals surface area contributed by atoms with Crippen molar-refractivity contribution >= 4 is 28.7 Å². The number of halogens is 1. The topological polar surface area (TPSA) is 18.5 Å². The molecule has 3 heteroatoms. The lowest BCUT2D eigenvalue weighted by Crippen LogP contribution is -2.38. The van der Waals surface area contributed by atoms with Gasteiger partial charge in [0.2, 0.25) is 0 Å². The number of rotatable bonds is 2. The van der Waals surface area contributed by atoms with Crippen LogP contribution in [-0.2, 0) is 9.47 Å². The molecule has 2 rings (SSSR count). The Morgan fingerprint density at radius 1 is 1.18 bits per heavy atom. The molecule has 0 aliphatic carbocycles. The van der Waals surface area contributed by atoms with Crippen LogP contribution in [0.2, 0.25) is 0 Å². The Kier molecular flexibility index (Phi) is 4.22. The highest BCUT2D eigenvalue weighted by atomic mass is 127. The van der Waals surface area contributed by atoms with Gasteiger partial charge in [-0.1, -0.05) is 24.3 Å². The monoisotopic (exact) mass is 344 g/mol. The van der Waals surface area contributed by atoms with Crippen molar-refractivity contribution in [3.05, 3.63) is 39.5 Å². The van der Waals surface area contributed by atoms with Crippen molar-refractivity contribution in [1.82, 2.24) is 0 Å². The van der Waals surface area contributed by atoms with E-state index in [0.717, 1.165) is 13.2 Å². The van der Waals surface area contributed by atoms with E-state index < -0.39 is 5.79 Å². The maximum absolute atomic E-state index is 5.61. The van der Waals surface area contributed by atoms with Gasteiger partial charge in [0.05, 0.1) is 13.2 Å². The Labute approximate surface area is 116 Å². The van der Waals surface area contributed by atoms with Gasteiger partial charge in [0.1, 0.15) is 0 Å². The molecule has 1 saturated heterocycles. The molecule has 0 radical (unpaired) electrons. The molecule has 17 heavy (non-hydrogen) atoms. The average molecular weight is 344 g/mol. The van der Waals surface area contributed by atoms with Gasteiger partial charge >= 0.3 is 0 Å². The summed E-state index contributed by atoms with van der Waals surface area (Å²) in [6, 6.07) is 8.45. The van der Waals surface area contributed by atoms with Crippen molar-refractivity contribution in [2.24, 2.45) is 5.92 Å². The van der Waals surface area contributed by atoms with Crippen LogP contribution in [-0.4, -0.2) is 19.0 Å². The molecule has 1 aliphatic heterocycles. The molecule has 1 aromatic rings. The van der Waals surface area contributed by atoms with E-state index >= 15 is 0 Å². The summed E-state index contributed by atoms with van der Waals surface area (Å²) >= 11 is 2.31. The molecule has 0 spiro atoms. The van der Waals surface area contributed by atoms with Crippen molar-refractivity contribution in [1.29, 1.82) is 0 Å². The molecule has 92 valence electrons. The van der Waals surface area contributed by atoms with Gasteiger partial charge in [-0.15, -0.1) is 0 Å². The third-order valence-electron chi connectivity index (χ3n) is 2.72. The van der Waals surface area contributed by atoms with Gasteiger partial charge in [-0.2, -0.15) is 0 Å². The first-order valence-electron chi connectivity index (χ1n) is 5.77. The predicted molar refractivity (Wildman–Crippen MR) is 77.7 cm³/mol. The van der Waals surface area contributed by atoms with Crippen LogP contribution < -0.4 is 0 Å². The van der Waals surface area contributed by atoms with Gasteiger partial charge in [-0.25, -0.2) is 0 Å². The molecule has 0 aromatic heterocycles. The number of benzene rings is 1. The Bertz CT molecular complexity index is 385. The third-order valence-corrected chi connectivity index (χ3v) is 3.44. The summed E-state index contributed by atoms with van der Waals surface area (Å²) in [6.07, 6.45) is 4.29. The largest absolute Gasteiger partial charge is 0.350 e. The summed E-state index contributed by atoms with van der Waals surface area (Å²) in [5, 5.41) is 0. The summed E-state index contributed by atoms with van der Waals surface area (Å²) in [5.41, 5.74) is 1.22. The second-order valence-corrected chi connectivity index (χ2v) is 5.94. The molecule has 0 unspecified atom stereocenters. The van der Waals surface area contributed by atoms with E-state index in [1.54, 1.807) is 0 Å². The van der Waals surface area contributed by atoms with Gasteiger partial charge < -0.3 is 9.47 Å². The highest BCUT2D eigenvalue weighted by molar-refractivity contribution is 14.1. The second-order valence-electron chi connectivity index (χ2n) is 4.69.